The van der Waals surface area contributed by atoms with Crippen molar-refractivity contribution in [3.8, 4) is 5.75 Å². The van der Waals surface area contributed by atoms with Crippen LogP contribution < -0.4 is 9.46 Å². The first-order chi connectivity index (χ1) is 15.4. The van der Waals surface area contributed by atoms with Gasteiger partial charge in [-0.2, -0.15) is 0 Å². The van der Waals surface area contributed by atoms with E-state index in [9.17, 15) is 9.35 Å². The van der Waals surface area contributed by atoms with Crippen LogP contribution in [-0.4, -0.2) is 46.1 Å². The Labute approximate surface area is 201 Å². The SMILES string of the molecule is COc1ccc2ccccc2c1C(N[S@@+]([O-])C(C)(C)C)C1CCN(C(=O)OC(C)(C)C)CC1. The second kappa shape index (κ2) is 10.1. The summed E-state index contributed by atoms with van der Waals surface area (Å²) in [5.41, 5.74) is 0.515. The van der Waals surface area contributed by atoms with Crippen LogP contribution in [0, 0.1) is 5.92 Å². The molecule has 6 nitrogen and oxygen atoms in total. The fraction of sp³-hybridized carbons (Fsp3) is 0.577. The van der Waals surface area contributed by atoms with Gasteiger partial charge in [0.1, 0.15) is 16.1 Å². The zero-order chi connectivity index (χ0) is 24.4. The number of nitrogens with zero attached hydrogens (tertiary/aromatic N) is 1. The van der Waals surface area contributed by atoms with E-state index in [0.29, 0.717) is 13.1 Å². The molecule has 0 spiro atoms. The molecule has 7 heteroatoms. The van der Waals surface area contributed by atoms with Crippen LogP contribution >= 0.6 is 0 Å². The van der Waals surface area contributed by atoms with Crippen molar-refractivity contribution in [2.24, 2.45) is 5.92 Å². The van der Waals surface area contributed by atoms with Gasteiger partial charge in [-0.05, 0) is 77.1 Å². The highest BCUT2D eigenvalue weighted by atomic mass is 32.2. The zero-order valence-corrected chi connectivity index (χ0v) is 21.8. The van der Waals surface area contributed by atoms with Gasteiger partial charge >= 0.3 is 6.09 Å². The normalized spacial score (nSPS) is 17.6. The molecule has 2 atom stereocenters. The first-order valence-corrected chi connectivity index (χ1v) is 12.8. The lowest BCUT2D eigenvalue weighted by molar-refractivity contribution is 0.0171. The molecule has 1 unspecified atom stereocenters. The molecule has 1 N–H and O–H groups in total. The number of likely N-dealkylation sites (tertiary alicyclic amines) is 1. The number of carbonyl (C=O) groups is 1. The lowest BCUT2D eigenvalue weighted by Crippen LogP contribution is -2.47. The lowest BCUT2D eigenvalue weighted by atomic mass is 9.83. The summed E-state index contributed by atoms with van der Waals surface area (Å²) >= 11 is -1.26. The molecule has 1 heterocycles. The zero-order valence-electron chi connectivity index (χ0n) is 20.9. The largest absolute Gasteiger partial charge is 0.598 e. The Hall–Kier alpha value is -1.96. The maximum absolute atomic E-state index is 13.2. The van der Waals surface area contributed by atoms with Gasteiger partial charge in [-0.15, -0.1) is 4.72 Å². The van der Waals surface area contributed by atoms with E-state index in [1.807, 2.05) is 59.7 Å². The number of ether oxygens (including phenoxy) is 2. The number of fused-ring (bicyclic) bond motifs is 1. The van der Waals surface area contributed by atoms with Crippen LogP contribution in [0.1, 0.15) is 66.0 Å². The summed E-state index contributed by atoms with van der Waals surface area (Å²) in [6.07, 6.45) is 1.29. The molecule has 2 aromatic rings. The van der Waals surface area contributed by atoms with Gasteiger partial charge < -0.3 is 18.9 Å². The van der Waals surface area contributed by atoms with Crippen molar-refractivity contribution in [3.05, 3.63) is 42.0 Å². The van der Waals surface area contributed by atoms with Gasteiger partial charge in [0.15, 0.2) is 0 Å². The maximum Gasteiger partial charge on any atom is 0.410 e. The summed E-state index contributed by atoms with van der Waals surface area (Å²) < 4.78 is 27.6. The molecule has 1 fully saturated rings. The second-order valence-corrected chi connectivity index (χ2v) is 12.7. The van der Waals surface area contributed by atoms with Crippen molar-refractivity contribution >= 4 is 28.2 Å². The Morgan fingerprint density at radius 3 is 2.30 bits per heavy atom. The minimum absolute atomic E-state index is 0.174. The van der Waals surface area contributed by atoms with Gasteiger partial charge in [-0.3, -0.25) is 0 Å². The molecule has 1 amide bonds. The van der Waals surface area contributed by atoms with Crippen molar-refractivity contribution in [2.75, 3.05) is 20.2 Å². The monoisotopic (exact) mass is 474 g/mol. The van der Waals surface area contributed by atoms with Crippen molar-refractivity contribution in [2.45, 2.75) is 70.8 Å². The number of methoxy groups -OCH3 is 1. The third-order valence-electron chi connectivity index (χ3n) is 5.91. The number of hydrogen-bond acceptors (Lipinski definition) is 5. The van der Waals surface area contributed by atoms with Gasteiger partial charge in [0.2, 0.25) is 0 Å². The molecule has 0 aliphatic carbocycles. The fourth-order valence-electron chi connectivity index (χ4n) is 4.20. The van der Waals surface area contributed by atoms with Crippen LogP contribution in [0.4, 0.5) is 4.79 Å². The highest BCUT2D eigenvalue weighted by Gasteiger charge is 2.38. The van der Waals surface area contributed by atoms with Crippen molar-refractivity contribution in [3.63, 3.8) is 0 Å². The standard InChI is InChI=1S/C26H38N2O4S/c1-25(2,3)32-24(29)28-16-14-19(15-17-28)23(27-33(30)26(4,5)6)22-20-11-9-8-10-18(20)12-13-21(22)31-7/h8-13,19,23,27H,14-17H2,1-7H3/t23?,33-/m0/s1. The summed E-state index contributed by atoms with van der Waals surface area (Å²) in [6.45, 7) is 12.8. The van der Waals surface area contributed by atoms with E-state index in [0.717, 1.165) is 34.9 Å². The maximum atomic E-state index is 13.2. The third kappa shape index (κ3) is 6.34. The number of amides is 1. The van der Waals surface area contributed by atoms with E-state index in [4.69, 9.17) is 9.47 Å². The molecular weight excluding hydrogens is 436 g/mol. The average Bonchev–Trinajstić information content (AvgIpc) is 2.75. The summed E-state index contributed by atoms with van der Waals surface area (Å²) in [7, 11) is 1.68. The van der Waals surface area contributed by atoms with Gasteiger partial charge in [-0.1, -0.05) is 30.3 Å². The Morgan fingerprint density at radius 1 is 1.09 bits per heavy atom. The second-order valence-electron chi connectivity index (χ2n) is 10.7. The molecule has 1 aliphatic heterocycles. The number of rotatable bonds is 5. The Bertz CT molecular complexity index is 959. The summed E-state index contributed by atoms with van der Waals surface area (Å²) in [5, 5.41) is 2.21. The molecule has 1 saturated heterocycles. The van der Waals surface area contributed by atoms with Gasteiger partial charge in [0.05, 0.1) is 13.2 Å². The highest BCUT2D eigenvalue weighted by Crippen LogP contribution is 2.41. The van der Waals surface area contributed by atoms with E-state index in [2.05, 4.69) is 22.9 Å². The van der Waals surface area contributed by atoms with Gasteiger partial charge in [0.25, 0.3) is 0 Å². The van der Waals surface area contributed by atoms with E-state index < -0.39 is 21.7 Å². The van der Waals surface area contributed by atoms with E-state index in [1.165, 1.54) is 0 Å². The summed E-state index contributed by atoms with van der Waals surface area (Å²) in [4.78, 5) is 14.3. The van der Waals surface area contributed by atoms with Gasteiger partial charge in [-0.25, -0.2) is 4.79 Å². The minimum Gasteiger partial charge on any atom is -0.598 e. The van der Waals surface area contributed by atoms with Gasteiger partial charge in [0, 0.05) is 30.0 Å². The van der Waals surface area contributed by atoms with Crippen LogP contribution in [0.3, 0.4) is 0 Å². The number of benzene rings is 2. The first-order valence-electron chi connectivity index (χ1n) is 11.6. The molecule has 0 aromatic heterocycles. The van der Waals surface area contributed by atoms with Crippen LogP contribution in [0.15, 0.2) is 36.4 Å². The van der Waals surface area contributed by atoms with E-state index in [1.54, 1.807) is 12.0 Å². The topological polar surface area (TPSA) is 73.9 Å². The van der Waals surface area contributed by atoms with Crippen molar-refractivity contribution in [1.29, 1.82) is 0 Å². The third-order valence-corrected chi connectivity index (χ3v) is 7.49. The average molecular weight is 475 g/mol. The molecule has 1 aliphatic rings. The Morgan fingerprint density at radius 2 is 1.73 bits per heavy atom. The molecule has 0 saturated carbocycles. The van der Waals surface area contributed by atoms with Crippen LogP contribution in [-0.2, 0) is 16.1 Å². The smallest absolute Gasteiger partial charge is 0.410 e. The number of nitrogens with one attached hydrogen (secondary N) is 1. The first kappa shape index (κ1) is 25.7. The predicted molar refractivity (Wildman–Crippen MR) is 135 cm³/mol. The highest BCUT2D eigenvalue weighted by molar-refractivity contribution is 7.90. The molecule has 33 heavy (non-hydrogen) atoms. The summed E-state index contributed by atoms with van der Waals surface area (Å²) in [6, 6.07) is 12.1. The number of carbonyl (C=O) groups excluding carboxylic acids is 1. The molecule has 0 bridgehead atoms. The molecule has 182 valence electrons. The number of piperidine rings is 1. The predicted octanol–water partition coefficient (Wildman–Crippen LogP) is 5.59. The van der Waals surface area contributed by atoms with Crippen molar-refractivity contribution in [1.82, 2.24) is 9.62 Å². The lowest BCUT2D eigenvalue weighted by Gasteiger charge is -2.38. The fourth-order valence-corrected chi connectivity index (χ4v) is 5.09. The molecular formula is C26H38N2O4S. The quantitative estimate of drug-likeness (QED) is 0.572. The summed E-state index contributed by atoms with van der Waals surface area (Å²) in [5.74, 6) is 0.973. The Kier molecular flexibility index (Phi) is 7.87. The van der Waals surface area contributed by atoms with E-state index in [-0.39, 0.29) is 18.1 Å². The number of hydrogen-bond donors (Lipinski definition) is 1. The molecule has 2 aromatic carbocycles. The molecule has 3 rings (SSSR count). The van der Waals surface area contributed by atoms with E-state index >= 15 is 0 Å². The minimum atomic E-state index is -1.26. The Balaban J connectivity index is 1.93. The van der Waals surface area contributed by atoms with Crippen LogP contribution in [0.25, 0.3) is 10.8 Å². The van der Waals surface area contributed by atoms with Crippen molar-refractivity contribution < 1.29 is 18.8 Å². The van der Waals surface area contributed by atoms with Crippen LogP contribution in [0.2, 0.25) is 0 Å². The van der Waals surface area contributed by atoms with Crippen LogP contribution in [0.5, 0.6) is 5.75 Å². The molecule has 0 radical (unpaired) electrons.